The first-order valence-electron chi connectivity index (χ1n) is 6.53. The first-order valence-corrected chi connectivity index (χ1v) is 6.53. The number of para-hydroxylation sites is 1. The molecule has 6 heteroatoms. The molecule has 1 N–H and O–H groups in total. The molecule has 0 aliphatic heterocycles. The summed E-state index contributed by atoms with van der Waals surface area (Å²) >= 11 is 0. The zero-order valence-electron chi connectivity index (χ0n) is 11.8. The Hall–Kier alpha value is -2.21. The molecule has 0 saturated heterocycles. The monoisotopic (exact) mass is 312 g/mol. The summed E-state index contributed by atoms with van der Waals surface area (Å²) in [5.41, 5.74) is -0.331. The molecule has 0 bridgehead atoms. The number of rotatable bonds is 5. The molecule has 0 heterocycles. The molecule has 0 radical (unpaired) electrons. The van der Waals surface area contributed by atoms with E-state index < -0.39 is 17.8 Å². The number of hydrogen-bond donors (Lipinski definition) is 1. The number of benzene rings is 2. The Morgan fingerprint density at radius 2 is 1.68 bits per heavy atom. The SMILES string of the molecule is COc1ccc(C(O)COc2ccccc2C(F)(F)F)cc1. The van der Waals surface area contributed by atoms with E-state index in [9.17, 15) is 18.3 Å². The molecule has 0 amide bonds. The van der Waals surface area contributed by atoms with Crippen LogP contribution in [-0.2, 0) is 6.18 Å². The second-order valence-corrected chi connectivity index (χ2v) is 4.59. The Labute approximate surface area is 125 Å². The Kier molecular flexibility index (Phi) is 4.92. The van der Waals surface area contributed by atoms with Gasteiger partial charge in [-0.05, 0) is 29.8 Å². The van der Waals surface area contributed by atoms with Crippen LogP contribution < -0.4 is 9.47 Å². The highest BCUT2D eigenvalue weighted by Gasteiger charge is 2.34. The van der Waals surface area contributed by atoms with Crippen LogP contribution in [0.5, 0.6) is 11.5 Å². The molecule has 0 aliphatic carbocycles. The van der Waals surface area contributed by atoms with Gasteiger partial charge in [-0.15, -0.1) is 0 Å². The van der Waals surface area contributed by atoms with Crippen LogP contribution >= 0.6 is 0 Å². The van der Waals surface area contributed by atoms with Crippen LogP contribution in [0, 0.1) is 0 Å². The van der Waals surface area contributed by atoms with Crippen LogP contribution in [-0.4, -0.2) is 18.8 Å². The van der Waals surface area contributed by atoms with Crippen LogP contribution in [0.25, 0.3) is 0 Å². The fourth-order valence-electron chi connectivity index (χ4n) is 1.92. The lowest BCUT2D eigenvalue weighted by Gasteiger charge is -2.16. The molecule has 1 unspecified atom stereocenters. The first-order chi connectivity index (χ1) is 10.4. The lowest BCUT2D eigenvalue weighted by atomic mass is 10.1. The highest BCUT2D eigenvalue weighted by atomic mass is 19.4. The second kappa shape index (κ2) is 6.70. The van der Waals surface area contributed by atoms with Gasteiger partial charge in [0.25, 0.3) is 0 Å². The van der Waals surface area contributed by atoms with Gasteiger partial charge in [0, 0.05) is 0 Å². The van der Waals surface area contributed by atoms with Gasteiger partial charge in [0.15, 0.2) is 0 Å². The maximum atomic E-state index is 12.8. The third-order valence-electron chi connectivity index (χ3n) is 3.09. The fraction of sp³-hybridized carbons (Fsp3) is 0.250. The molecule has 2 aromatic rings. The van der Waals surface area contributed by atoms with Gasteiger partial charge in [-0.25, -0.2) is 0 Å². The van der Waals surface area contributed by atoms with E-state index in [-0.39, 0.29) is 12.4 Å². The highest BCUT2D eigenvalue weighted by molar-refractivity contribution is 5.35. The van der Waals surface area contributed by atoms with Crippen molar-refractivity contribution >= 4 is 0 Å². The van der Waals surface area contributed by atoms with Gasteiger partial charge in [-0.1, -0.05) is 24.3 Å². The summed E-state index contributed by atoms with van der Waals surface area (Å²) in [5, 5.41) is 9.99. The van der Waals surface area contributed by atoms with Gasteiger partial charge < -0.3 is 14.6 Å². The number of aliphatic hydroxyl groups excluding tert-OH is 1. The lowest BCUT2D eigenvalue weighted by molar-refractivity contribution is -0.139. The number of alkyl halides is 3. The van der Waals surface area contributed by atoms with Crippen molar-refractivity contribution in [3.63, 3.8) is 0 Å². The molecule has 1 atom stereocenters. The van der Waals surface area contributed by atoms with E-state index in [1.165, 1.54) is 25.3 Å². The normalized spacial score (nSPS) is 12.8. The summed E-state index contributed by atoms with van der Waals surface area (Å²) in [6, 6.07) is 11.5. The molecule has 0 spiro atoms. The summed E-state index contributed by atoms with van der Waals surface area (Å²) in [5.74, 6) is 0.321. The van der Waals surface area contributed by atoms with Crippen molar-refractivity contribution in [3.05, 3.63) is 59.7 Å². The predicted molar refractivity (Wildman–Crippen MR) is 74.9 cm³/mol. The van der Waals surface area contributed by atoms with Gasteiger partial charge in [-0.2, -0.15) is 13.2 Å². The van der Waals surface area contributed by atoms with E-state index in [4.69, 9.17) is 9.47 Å². The van der Waals surface area contributed by atoms with Crippen LogP contribution in [0.15, 0.2) is 48.5 Å². The Bertz CT molecular complexity index is 609. The molecule has 0 fully saturated rings. The molecule has 2 rings (SSSR count). The third kappa shape index (κ3) is 3.92. The number of hydrogen-bond acceptors (Lipinski definition) is 3. The van der Waals surface area contributed by atoms with E-state index in [0.717, 1.165) is 6.07 Å². The van der Waals surface area contributed by atoms with E-state index in [1.54, 1.807) is 24.3 Å². The van der Waals surface area contributed by atoms with Crippen LogP contribution in [0.2, 0.25) is 0 Å². The minimum absolute atomic E-state index is 0.278. The van der Waals surface area contributed by atoms with E-state index >= 15 is 0 Å². The Morgan fingerprint density at radius 3 is 2.27 bits per heavy atom. The van der Waals surface area contributed by atoms with E-state index in [1.807, 2.05) is 0 Å². The zero-order chi connectivity index (χ0) is 16.2. The number of ether oxygens (including phenoxy) is 2. The van der Waals surface area contributed by atoms with Crippen molar-refractivity contribution in [2.75, 3.05) is 13.7 Å². The standard InChI is InChI=1S/C16H15F3O3/c1-21-12-8-6-11(7-9-12)14(20)10-22-15-5-3-2-4-13(15)16(17,18)19/h2-9,14,20H,10H2,1H3. The minimum atomic E-state index is -4.50. The molecule has 0 aromatic heterocycles. The van der Waals surface area contributed by atoms with Gasteiger partial charge in [0.2, 0.25) is 0 Å². The van der Waals surface area contributed by atoms with E-state index in [2.05, 4.69) is 0 Å². The van der Waals surface area contributed by atoms with Gasteiger partial charge in [-0.3, -0.25) is 0 Å². The summed E-state index contributed by atoms with van der Waals surface area (Å²) in [6.07, 6.45) is -5.53. The average molecular weight is 312 g/mol. The summed E-state index contributed by atoms with van der Waals surface area (Å²) in [7, 11) is 1.52. The first kappa shape index (κ1) is 16.2. The van der Waals surface area contributed by atoms with Gasteiger partial charge >= 0.3 is 6.18 Å². The van der Waals surface area contributed by atoms with E-state index in [0.29, 0.717) is 11.3 Å². The molecular formula is C16H15F3O3. The second-order valence-electron chi connectivity index (χ2n) is 4.59. The maximum absolute atomic E-state index is 12.8. The van der Waals surface area contributed by atoms with Crippen molar-refractivity contribution in [1.29, 1.82) is 0 Å². The summed E-state index contributed by atoms with van der Waals surface area (Å²) in [4.78, 5) is 0. The Morgan fingerprint density at radius 1 is 1.05 bits per heavy atom. The Balaban J connectivity index is 2.06. The maximum Gasteiger partial charge on any atom is 0.419 e. The quantitative estimate of drug-likeness (QED) is 0.912. The number of methoxy groups -OCH3 is 1. The lowest BCUT2D eigenvalue weighted by Crippen LogP contribution is -2.13. The molecular weight excluding hydrogens is 297 g/mol. The zero-order valence-corrected chi connectivity index (χ0v) is 11.8. The van der Waals surface area contributed by atoms with Crippen LogP contribution in [0.1, 0.15) is 17.2 Å². The topological polar surface area (TPSA) is 38.7 Å². The average Bonchev–Trinajstić information content (AvgIpc) is 2.52. The number of aliphatic hydroxyl groups is 1. The molecule has 22 heavy (non-hydrogen) atoms. The van der Waals surface area contributed by atoms with Crippen molar-refractivity contribution in [2.45, 2.75) is 12.3 Å². The predicted octanol–water partition coefficient (Wildman–Crippen LogP) is 3.83. The van der Waals surface area contributed by atoms with Crippen molar-refractivity contribution in [3.8, 4) is 11.5 Å². The van der Waals surface area contributed by atoms with Gasteiger partial charge in [0.05, 0.1) is 12.7 Å². The minimum Gasteiger partial charge on any atom is -0.497 e. The summed E-state index contributed by atoms with van der Waals surface area (Å²) in [6.45, 7) is -0.278. The largest absolute Gasteiger partial charge is 0.497 e. The molecule has 3 nitrogen and oxygen atoms in total. The van der Waals surface area contributed by atoms with Gasteiger partial charge in [0.1, 0.15) is 24.2 Å². The van der Waals surface area contributed by atoms with Crippen molar-refractivity contribution in [2.24, 2.45) is 0 Å². The number of halogens is 3. The molecule has 2 aromatic carbocycles. The molecule has 0 saturated carbocycles. The highest BCUT2D eigenvalue weighted by Crippen LogP contribution is 2.36. The summed E-state index contributed by atoms with van der Waals surface area (Å²) < 4.78 is 48.6. The molecule has 0 aliphatic rings. The smallest absolute Gasteiger partial charge is 0.419 e. The fourth-order valence-corrected chi connectivity index (χ4v) is 1.92. The van der Waals surface area contributed by atoms with Crippen LogP contribution in [0.4, 0.5) is 13.2 Å². The third-order valence-corrected chi connectivity index (χ3v) is 3.09. The molecule has 118 valence electrons. The van der Waals surface area contributed by atoms with Crippen LogP contribution in [0.3, 0.4) is 0 Å². The van der Waals surface area contributed by atoms with Crippen molar-refractivity contribution < 1.29 is 27.8 Å². The van der Waals surface area contributed by atoms with Crippen molar-refractivity contribution in [1.82, 2.24) is 0 Å².